The van der Waals surface area contributed by atoms with Crippen molar-refractivity contribution in [1.29, 1.82) is 0 Å². The Morgan fingerprint density at radius 1 is 1.16 bits per heavy atom. The van der Waals surface area contributed by atoms with Gasteiger partial charge in [-0.05, 0) is 36.7 Å². The molecule has 0 spiro atoms. The Balaban J connectivity index is 2.04. The molecule has 2 aromatic rings. The molecule has 1 N–H and O–H groups in total. The number of ether oxygens (including phenoxy) is 1. The quantitative estimate of drug-likeness (QED) is 0.656. The lowest BCUT2D eigenvalue weighted by atomic mass is 9.97. The monoisotopic (exact) mass is 359 g/mol. The molecule has 25 heavy (non-hydrogen) atoms. The van der Waals surface area contributed by atoms with Crippen LogP contribution in [0, 0.1) is 0 Å². The maximum Gasteiger partial charge on any atom is 0.310 e. The number of benzene rings is 2. The Morgan fingerprint density at radius 3 is 2.56 bits per heavy atom. The van der Waals surface area contributed by atoms with E-state index in [1.165, 1.54) is 6.07 Å². The number of sulfone groups is 1. The molecule has 0 saturated carbocycles. The predicted molar refractivity (Wildman–Crippen MR) is 94.5 cm³/mol. The van der Waals surface area contributed by atoms with Crippen LogP contribution in [0.2, 0.25) is 0 Å². The van der Waals surface area contributed by atoms with Crippen LogP contribution in [-0.4, -0.2) is 27.5 Å². The van der Waals surface area contributed by atoms with Crippen LogP contribution >= 0.6 is 0 Å². The van der Waals surface area contributed by atoms with Gasteiger partial charge >= 0.3 is 5.97 Å². The van der Waals surface area contributed by atoms with Gasteiger partial charge < -0.3 is 10.1 Å². The third kappa shape index (κ3) is 3.75. The van der Waals surface area contributed by atoms with E-state index in [4.69, 9.17) is 4.74 Å². The lowest BCUT2D eigenvalue weighted by molar-refractivity contribution is -0.134. The van der Waals surface area contributed by atoms with Gasteiger partial charge in [-0.2, -0.15) is 0 Å². The zero-order chi connectivity index (χ0) is 17.9. The van der Waals surface area contributed by atoms with E-state index in [-0.39, 0.29) is 28.1 Å². The van der Waals surface area contributed by atoms with E-state index in [2.05, 4.69) is 5.32 Å². The summed E-state index contributed by atoms with van der Waals surface area (Å²) in [6.45, 7) is 3.40. The molecule has 1 aliphatic heterocycles. The smallest absolute Gasteiger partial charge is 0.310 e. The molecule has 132 valence electrons. The van der Waals surface area contributed by atoms with E-state index in [1.807, 2.05) is 0 Å². The molecule has 5 nitrogen and oxygen atoms in total. The van der Waals surface area contributed by atoms with Crippen LogP contribution in [0.3, 0.4) is 0 Å². The van der Waals surface area contributed by atoms with Crippen molar-refractivity contribution in [3.8, 4) is 5.75 Å². The Kier molecular flexibility index (Phi) is 5.20. The van der Waals surface area contributed by atoms with Gasteiger partial charge in [0.25, 0.3) is 0 Å². The fourth-order valence-electron chi connectivity index (χ4n) is 2.96. The molecule has 0 aliphatic carbocycles. The molecule has 2 aromatic carbocycles. The zero-order valence-corrected chi connectivity index (χ0v) is 14.9. The summed E-state index contributed by atoms with van der Waals surface area (Å²) in [5.41, 5.74) is 0.874. The number of esters is 1. The number of carbonyl (C=O) groups is 1. The predicted octanol–water partition coefficient (Wildman–Crippen LogP) is 2.91. The van der Waals surface area contributed by atoms with E-state index < -0.39 is 9.84 Å². The third-order valence-corrected chi connectivity index (χ3v) is 6.13. The summed E-state index contributed by atoms with van der Waals surface area (Å²) in [4.78, 5) is 12.1. The normalized spacial score (nSPS) is 17.4. The average Bonchev–Trinajstić information content (AvgIpc) is 3.16. The average molecular weight is 359 g/mol. The van der Waals surface area contributed by atoms with Crippen LogP contribution < -0.4 is 10.1 Å². The molecule has 1 aliphatic rings. The van der Waals surface area contributed by atoms with Crippen molar-refractivity contribution in [2.45, 2.75) is 35.5 Å². The van der Waals surface area contributed by atoms with Crippen LogP contribution in [0.5, 0.6) is 5.75 Å². The first-order valence-electron chi connectivity index (χ1n) is 8.38. The fraction of sp³-hybridized carbons (Fsp3) is 0.316. The standard InChI is InChI=1S/C19H21NO4S/c1-2-19(21)24-18-12-16(8-9-17(18)14-10-11-20-13-14)25(22,23)15-6-4-3-5-7-15/h3-9,12,14,20H,2,10-11,13H2,1H3. The SMILES string of the molecule is CCC(=O)Oc1cc(S(=O)(=O)c2ccccc2)ccc1C1CCNC1. The Morgan fingerprint density at radius 2 is 1.92 bits per heavy atom. The third-order valence-electron chi connectivity index (χ3n) is 4.36. The van der Waals surface area contributed by atoms with Crippen LogP contribution in [0.1, 0.15) is 31.2 Å². The molecule has 1 heterocycles. The summed E-state index contributed by atoms with van der Waals surface area (Å²) in [5, 5.41) is 3.28. The number of hydrogen-bond donors (Lipinski definition) is 1. The summed E-state index contributed by atoms with van der Waals surface area (Å²) in [7, 11) is -3.65. The first-order valence-corrected chi connectivity index (χ1v) is 9.86. The molecule has 3 rings (SSSR count). The van der Waals surface area contributed by atoms with E-state index in [0.29, 0.717) is 5.75 Å². The zero-order valence-electron chi connectivity index (χ0n) is 14.1. The second kappa shape index (κ2) is 7.37. The van der Waals surface area contributed by atoms with Gasteiger partial charge in [0.05, 0.1) is 9.79 Å². The van der Waals surface area contributed by atoms with Crippen molar-refractivity contribution in [3.05, 3.63) is 54.1 Å². The number of nitrogens with one attached hydrogen (secondary N) is 1. The van der Waals surface area contributed by atoms with Gasteiger partial charge in [-0.1, -0.05) is 31.2 Å². The van der Waals surface area contributed by atoms with Crippen LogP contribution in [0.15, 0.2) is 58.3 Å². The van der Waals surface area contributed by atoms with Crippen LogP contribution in [0.4, 0.5) is 0 Å². The maximum absolute atomic E-state index is 12.8. The summed E-state index contributed by atoms with van der Waals surface area (Å²) in [6.07, 6.45) is 1.17. The van der Waals surface area contributed by atoms with Crippen molar-refractivity contribution < 1.29 is 17.9 Å². The summed E-state index contributed by atoms with van der Waals surface area (Å²) >= 11 is 0. The van der Waals surface area contributed by atoms with E-state index in [1.54, 1.807) is 49.4 Å². The lowest BCUT2D eigenvalue weighted by Gasteiger charge is -2.16. The lowest BCUT2D eigenvalue weighted by Crippen LogP contribution is -2.13. The van der Waals surface area contributed by atoms with Gasteiger partial charge in [-0.3, -0.25) is 4.79 Å². The highest BCUT2D eigenvalue weighted by Crippen LogP contribution is 2.34. The number of rotatable bonds is 5. The molecule has 0 radical (unpaired) electrons. The van der Waals surface area contributed by atoms with Crippen molar-refractivity contribution in [2.24, 2.45) is 0 Å². The van der Waals surface area contributed by atoms with Crippen molar-refractivity contribution >= 4 is 15.8 Å². The van der Waals surface area contributed by atoms with Crippen molar-refractivity contribution in [2.75, 3.05) is 13.1 Å². The molecular formula is C19H21NO4S. The van der Waals surface area contributed by atoms with Gasteiger partial charge in [-0.25, -0.2) is 8.42 Å². The van der Waals surface area contributed by atoms with E-state index >= 15 is 0 Å². The second-order valence-electron chi connectivity index (χ2n) is 6.03. The van der Waals surface area contributed by atoms with Gasteiger partial charge in [0.2, 0.25) is 9.84 Å². The van der Waals surface area contributed by atoms with Gasteiger partial charge in [0.1, 0.15) is 5.75 Å². The number of carbonyl (C=O) groups excluding carboxylic acids is 1. The molecule has 6 heteroatoms. The molecule has 0 aromatic heterocycles. The minimum Gasteiger partial charge on any atom is -0.426 e. The van der Waals surface area contributed by atoms with Crippen molar-refractivity contribution in [1.82, 2.24) is 5.32 Å². The summed E-state index contributed by atoms with van der Waals surface area (Å²) < 4.78 is 31.1. The topological polar surface area (TPSA) is 72.5 Å². The first kappa shape index (κ1) is 17.6. The van der Waals surface area contributed by atoms with E-state index in [0.717, 1.165) is 25.1 Å². The van der Waals surface area contributed by atoms with Crippen molar-refractivity contribution in [3.63, 3.8) is 0 Å². The molecule has 1 unspecified atom stereocenters. The highest BCUT2D eigenvalue weighted by molar-refractivity contribution is 7.91. The minimum absolute atomic E-state index is 0.132. The van der Waals surface area contributed by atoms with Gasteiger partial charge in [0.15, 0.2) is 0 Å². The number of hydrogen-bond acceptors (Lipinski definition) is 5. The summed E-state index contributed by atoms with van der Waals surface area (Å²) in [6, 6.07) is 13.1. The molecule has 0 bridgehead atoms. The van der Waals surface area contributed by atoms with E-state index in [9.17, 15) is 13.2 Å². The summed E-state index contributed by atoms with van der Waals surface area (Å²) in [5.74, 6) is 0.187. The highest BCUT2D eigenvalue weighted by atomic mass is 32.2. The second-order valence-corrected chi connectivity index (χ2v) is 7.98. The Hall–Kier alpha value is -2.18. The molecule has 1 saturated heterocycles. The largest absolute Gasteiger partial charge is 0.426 e. The van der Waals surface area contributed by atoms with Gasteiger partial charge in [0, 0.05) is 24.9 Å². The fourth-order valence-corrected chi connectivity index (χ4v) is 4.26. The molecule has 1 atom stereocenters. The molecular weight excluding hydrogens is 338 g/mol. The van der Waals surface area contributed by atoms with Crippen LogP contribution in [0.25, 0.3) is 0 Å². The minimum atomic E-state index is -3.65. The first-order chi connectivity index (χ1) is 12.0. The Bertz CT molecular complexity index is 856. The Labute approximate surface area is 147 Å². The molecule has 1 fully saturated rings. The molecule has 0 amide bonds. The highest BCUT2D eigenvalue weighted by Gasteiger charge is 2.25. The van der Waals surface area contributed by atoms with Gasteiger partial charge in [-0.15, -0.1) is 0 Å². The van der Waals surface area contributed by atoms with Crippen LogP contribution in [-0.2, 0) is 14.6 Å². The maximum atomic E-state index is 12.8.